The van der Waals surface area contributed by atoms with Crippen molar-refractivity contribution in [1.82, 2.24) is 9.21 Å². The van der Waals surface area contributed by atoms with E-state index in [1.807, 2.05) is 13.8 Å². The monoisotopic (exact) mass is 414 g/mol. The van der Waals surface area contributed by atoms with Crippen LogP contribution in [0.15, 0.2) is 0 Å². The number of ether oxygens (including phenoxy) is 1. The molecule has 0 aromatic heterocycles. The summed E-state index contributed by atoms with van der Waals surface area (Å²) in [5.41, 5.74) is 0. The molecule has 28 heavy (non-hydrogen) atoms. The minimum Gasteiger partial charge on any atom is -0.365 e. The molecule has 2 aliphatic heterocycles. The third-order valence-corrected chi connectivity index (χ3v) is 7.64. The van der Waals surface area contributed by atoms with E-state index in [-0.39, 0.29) is 5.25 Å². The number of hydrogen-bond donors (Lipinski definition) is 0. The minimum absolute atomic E-state index is 0.316. The van der Waals surface area contributed by atoms with Crippen LogP contribution < -0.4 is 0 Å². The Morgan fingerprint density at radius 2 is 1.54 bits per heavy atom. The van der Waals surface area contributed by atoms with Gasteiger partial charge in [0.25, 0.3) is 0 Å². The number of hydrogen-bond acceptors (Lipinski definition) is 4. The maximum absolute atomic E-state index is 12.3. The van der Waals surface area contributed by atoms with Crippen molar-refractivity contribution in [2.45, 2.75) is 78.6 Å². The first-order chi connectivity index (χ1) is 13.3. The van der Waals surface area contributed by atoms with Gasteiger partial charge in [0.2, 0.25) is 10.0 Å². The van der Waals surface area contributed by atoms with Gasteiger partial charge in [0, 0.05) is 38.6 Å². The molecule has 2 saturated heterocycles. The zero-order valence-corrected chi connectivity index (χ0v) is 19.7. The number of rotatable bonds is 6. The Hall–Kier alpha value is -0.610. The van der Waals surface area contributed by atoms with Gasteiger partial charge in [0.15, 0.2) is 0 Å². The van der Waals surface area contributed by atoms with Crippen LogP contribution in [-0.4, -0.2) is 68.3 Å². The fourth-order valence-corrected chi connectivity index (χ4v) is 4.99. The van der Waals surface area contributed by atoms with Crippen LogP contribution in [0.5, 0.6) is 0 Å². The highest BCUT2D eigenvalue weighted by atomic mass is 32.2. The van der Waals surface area contributed by atoms with Crippen molar-refractivity contribution in [3.05, 3.63) is 0 Å². The Balaban J connectivity index is 0.00000190. The molecule has 0 aliphatic carbocycles. The summed E-state index contributed by atoms with van der Waals surface area (Å²) in [6, 6.07) is 0. The second kappa shape index (κ2) is 12.8. The van der Waals surface area contributed by atoms with E-state index in [1.54, 1.807) is 18.2 Å². The lowest BCUT2D eigenvalue weighted by Gasteiger charge is -2.37. The van der Waals surface area contributed by atoms with Crippen molar-refractivity contribution < 1.29 is 13.2 Å². The van der Waals surface area contributed by atoms with Gasteiger partial charge in [-0.1, -0.05) is 39.5 Å². The average Bonchev–Trinajstić information content (AvgIpc) is 2.68. The van der Waals surface area contributed by atoms with Crippen molar-refractivity contribution in [2.75, 3.05) is 39.3 Å². The Labute approximate surface area is 174 Å². The largest absolute Gasteiger partial charge is 0.365 e. The Morgan fingerprint density at radius 3 is 2.04 bits per heavy atom. The molecule has 2 aliphatic rings. The van der Waals surface area contributed by atoms with E-state index in [0.29, 0.717) is 37.6 Å². The van der Waals surface area contributed by atoms with E-state index in [2.05, 4.69) is 30.6 Å². The molecule has 0 saturated carbocycles. The molecule has 0 amide bonds. The summed E-state index contributed by atoms with van der Waals surface area (Å²) >= 11 is 0. The molecular formula is C22H42N2O3S. The number of sulfonamides is 1. The van der Waals surface area contributed by atoms with Crippen LogP contribution in [0.25, 0.3) is 0 Å². The molecule has 2 heterocycles. The smallest absolute Gasteiger partial charge is 0.216 e. The lowest BCUT2D eigenvalue weighted by atomic mass is 9.96. The van der Waals surface area contributed by atoms with Crippen molar-refractivity contribution in [3.8, 4) is 11.8 Å². The molecule has 6 heteroatoms. The molecule has 2 fully saturated rings. The first-order valence-corrected chi connectivity index (χ1v) is 12.6. The highest BCUT2D eigenvalue weighted by Crippen LogP contribution is 2.24. The van der Waals surface area contributed by atoms with Gasteiger partial charge in [0.1, 0.15) is 6.61 Å². The lowest BCUT2D eigenvalue weighted by molar-refractivity contribution is 0.0188. The first kappa shape index (κ1) is 25.4. The van der Waals surface area contributed by atoms with E-state index in [1.165, 1.54) is 0 Å². The van der Waals surface area contributed by atoms with Crippen molar-refractivity contribution >= 4 is 10.0 Å². The van der Waals surface area contributed by atoms with Gasteiger partial charge in [-0.25, -0.2) is 12.7 Å². The molecule has 2 rings (SSSR count). The maximum atomic E-state index is 12.3. The highest BCUT2D eigenvalue weighted by molar-refractivity contribution is 7.89. The van der Waals surface area contributed by atoms with Crippen molar-refractivity contribution in [1.29, 1.82) is 0 Å². The van der Waals surface area contributed by atoms with E-state index in [4.69, 9.17) is 4.74 Å². The summed E-state index contributed by atoms with van der Waals surface area (Å²) in [4.78, 5) is 2.52. The third kappa shape index (κ3) is 8.41. The van der Waals surface area contributed by atoms with Crippen LogP contribution >= 0.6 is 0 Å². The average molecular weight is 415 g/mol. The molecule has 0 atom stereocenters. The summed E-state index contributed by atoms with van der Waals surface area (Å²) in [6.07, 6.45) is 4.44. The van der Waals surface area contributed by atoms with Gasteiger partial charge in [-0.15, -0.1) is 0 Å². The molecule has 164 valence electrons. The molecule has 0 aromatic carbocycles. The molecule has 0 aromatic rings. The van der Waals surface area contributed by atoms with Crippen LogP contribution in [0.1, 0.15) is 67.2 Å². The lowest BCUT2D eigenvalue weighted by Crippen LogP contribution is -2.45. The van der Waals surface area contributed by atoms with Crippen molar-refractivity contribution in [3.63, 3.8) is 0 Å². The van der Waals surface area contributed by atoms with E-state index in [0.717, 1.165) is 45.3 Å². The van der Waals surface area contributed by atoms with Gasteiger partial charge in [-0.3, -0.25) is 0 Å². The number of nitrogens with zero attached hydrogens (tertiary/aromatic N) is 2. The maximum Gasteiger partial charge on any atom is 0.216 e. The van der Waals surface area contributed by atoms with Crippen LogP contribution in [0.3, 0.4) is 0 Å². The minimum atomic E-state index is -3.09. The fourth-order valence-electron chi connectivity index (χ4n) is 3.67. The Kier molecular flexibility index (Phi) is 11.7. The van der Waals surface area contributed by atoms with Gasteiger partial charge >= 0.3 is 0 Å². The van der Waals surface area contributed by atoms with Crippen LogP contribution in [0, 0.1) is 23.7 Å². The first-order valence-electron chi connectivity index (χ1n) is 11.1. The molecule has 0 radical (unpaired) electrons. The topological polar surface area (TPSA) is 49.9 Å². The Bertz CT molecular complexity index is 577. The van der Waals surface area contributed by atoms with Crippen LogP contribution in [0.4, 0.5) is 0 Å². The van der Waals surface area contributed by atoms with Gasteiger partial charge in [0.05, 0.1) is 11.4 Å². The SMILES string of the molecule is CC.CC(C)C#CCOC1CCN(CC2CCN(S(=O)(=O)C(C)C)CC2)CC1. The standard InChI is InChI=1S/C20H36N2O3S.C2H6/c1-17(2)6-5-15-25-20-9-11-21(12-10-20)16-19-7-13-22(14-8-19)26(23,24)18(3)4;1-2/h17-20H,7-16H2,1-4H3;1-2H3. The summed E-state index contributed by atoms with van der Waals surface area (Å²) < 4.78 is 32.1. The molecule has 0 bridgehead atoms. The third-order valence-electron chi connectivity index (χ3n) is 5.36. The number of likely N-dealkylation sites (tertiary alicyclic amines) is 1. The number of piperidine rings is 2. The molecule has 0 unspecified atom stereocenters. The predicted molar refractivity (Wildman–Crippen MR) is 118 cm³/mol. The van der Waals surface area contributed by atoms with E-state index < -0.39 is 10.0 Å². The van der Waals surface area contributed by atoms with Gasteiger partial charge in [-0.05, 0) is 45.4 Å². The Morgan fingerprint density at radius 1 is 0.964 bits per heavy atom. The molecule has 0 spiro atoms. The quantitative estimate of drug-likeness (QED) is 0.623. The van der Waals surface area contributed by atoms with Gasteiger partial charge in [-0.2, -0.15) is 0 Å². The van der Waals surface area contributed by atoms with E-state index >= 15 is 0 Å². The van der Waals surface area contributed by atoms with Crippen LogP contribution in [0.2, 0.25) is 0 Å². The summed E-state index contributed by atoms with van der Waals surface area (Å²) in [5.74, 6) is 7.25. The zero-order chi connectivity index (χ0) is 21.2. The van der Waals surface area contributed by atoms with E-state index in [9.17, 15) is 8.42 Å². The van der Waals surface area contributed by atoms with Gasteiger partial charge < -0.3 is 9.64 Å². The second-order valence-electron chi connectivity index (χ2n) is 8.22. The van der Waals surface area contributed by atoms with Crippen molar-refractivity contribution in [2.24, 2.45) is 11.8 Å². The van der Waals surface area contributed by atoms with Crippen LogP contribution in [-0.2, 0) is 14.8 Å². The molecule has 0 N–H and O–H groups in total. The molecular weight excluding hydrogens is 372 g/mol. The summed E-state index contributed by atoms with van der Waals surface area (Å²) in [5, 5.41) is -0.316. The summed E-state index contributed by atoms with van der Waals surface area (Å²) in [6.45, 7) is 16.9. The highest BCUT2D eigenvalue weighted by Gasteiger charge is 2.31. The summed E-state index contributed by atoms with van der Waals surface area (Å²) in [7, 11) is -3.09. The predicted octanol–water partition coefficient (Wildman–Crippen LogP) is 3.60. The molecule has 5 nitrogen and oxygen atoms in total. The second-order valence-corrected chi connectivity index (χ2v) is 10.7. The normalized spacial score (nSPS) is 20.6. The zero-order valence-electron chi connectivity index (χ0n) is 18.9. The fraction of sp³-hybridized carbons (Fsp3) is 0.909.